The molecular weight excluding hydrogens is 276 g/mol. The minimum Gasteiger partial charge on any atom is -0.497 e. The maximum absolute atomic E-state index is 12.0. The van der Waals surface area contributed by atoms with Gasteiger partial charge < -0.3 is 9.47 Å². The fourth-order valence-corrected chi connectivity index (χ4v) is 2.26. The Kier molecular flexibility index (Phi) is 3.79. The van der Waals surface area contributed by atoms with Crippen molar-refractivity contribution in [2.75, 3.05) is 7.11 Å². The molecule has 0 spiro atoms. The Morgan fingerprint density at radius 3 is 2.32 bits per heavy atom. The van der Waals surface area contributed by atoms with Crippen molar-refractivity contribution >= 4 is 17.6 Å². The zero-order valence-electron chi connectivity index (χ0n) is 12.5. The van der Waals surface area contributed by atoms with Crippen LogP contribution in [0.2, 0.25) is 0 Å². The molecule has 0 aromatic heterocycles. The van der Waals surface area contributed by atoms with Crippen LogP contribution in [0.4, 0.5) is 0 Å². The van der Waals surface area contributed by atoms with Gasteiger partial charge >= 0.3 is 5.97 Å². The number of benzene rings is 2. The first kappa shape index (κ1) is 14.1. The van der Waals surface area contributed by atoms with Crippen molar-refractivity contribution in [2.45, 2.75) is 6.92 Å². The van der Waals surface area contributed by atoms with Crippen LogP contribution in [0.25, 0.3) is 11.6 Å². The smallest absolute Gasteiger partial charge is 0.344 e. The third-order valence-corrected chi connectivity index (χ3v) is 3.50. The highest BCUT2D eigenvalue weighted by Crippen LogP contribution is 2.27. The summed E-state index contributed by atoms with van der Waals surface area (Å²) in [6.45, 7) is 2.01. The van der Waals surface area contributed by atoms with Crippen LogP contribution in [0, 0.1) is 6.92 Å². The van der Waals surface area contributed by atoms with E-state index < -0.39 is 0 Å². The van der Waals surface area contributed by atoms with E-state index in [2.05, 4.69) is 0 Å². The summed E-state index contributed by atoms with van der Waals surface area (Å²) < 4.78 is 10.4. The molecule has 1 heterocycles. The first-order valence-electron chi connectivity index (χ1n) is 7.02. The molecule has 1 aliphatic heterocycles. The third kappa shape index (κ3) is 2.93. The van der Waals surface area contributed by atoms with Crippen molar-refractivity contribution in [3.05, 3.63) is 77.1 Å². The van der Waals surface area contributed by atoms with Crippen LogP contribution in [0.15, 0.2) is 60.4 Å². The molecule has 0 fully saturated rings. The highest BCUT2D eigenvalue weighted by Gasteiger charge is 2.22. The van der Waals surface area contributed by atoms with Crippen molar-refractivity contribution in [2.24, 2.45) is 0 Å². The Morgan fingerprint density at radius 1 is 1.00 bits per heavy atom. The maximum Gasteiger partial charge on any atom is 0.344 e. The number of ether oxygens (including phenoxy) is 2. The van der Waals surface area contributed by atoms with E-state index in [0.29, 0.717) is 11.3 Å². The zero-order valence-corrected chi connectivity index (χ0v) is 12.5. The number of allylic oxidation sites excluding steroid dienone is 1. The molecule has 0 unspecified atom stereocenters. The van der Waals surface area contributed by atoms with Crippen LogP contribution in [-0.2, 0) is 9.53 Å². The van der Waals surface area contributed by atoms with Crippen molar-refractivity contribution in [1.82, 2.24) is 0 Å². The number of aryl methyl sites for hydroxylation is 1. The molecule has 3 rings (SSSR count). The summed E-state index contributed by atoms with van der Waals surface area (Å²) in [5.74, 6) is 1.02. The quantitative estimate of drug-likeness (QED) is 0.803. The summed E-state index contributed by atoms with van der Waals surface area (Å²) >= 11 is 0. The molecule has 3 nitrogen and oxygen atoms in total. The van der Waals surface area contributed by atoms with Gasteiger partial charge in [-0.15, -0.1) is 0 Å². The Balaban J connectivity index is 1.88. The highest BCUT2D eigenvalue weighted by molar-refractivity contribution is 6.19. The van der Waals surface area contributed by atoms with Crippen LogP contribution in [0.1, 0.15) is 16.7 Å². The van der Waals surface area contributed by atoms with Crippen molar-refractivity contribution in [3.63, 3.8) is 0 Å². The Hall–Kier alpha value is -2.81. The fourth-order valence-electron chi connectivity index (χ4n) is 2.26. The molecule has 0 saturated carbocycles. The summed E-state index contributed by atoms with van der Waals surface area (Å²) in [5.41, 5.74) is 3.56. The van der Waals surface area contributed by atoms with E-state index in [9.17, 15) is 4.79 Å². The molecule has 2 aromatic carbocycles. The molecule has 0 N–H and O–H groups in total. The summed E-state index contributed by atoms with van der Waals surface area (Å²) in [6, 6.07) is 15.4. The van der Waals surface area contributed by atoms with E-state index in [0.717, 1.165) is 22.4 Å². The number of methoxy groups -OCH3 is 1. The lowest BCUT2D eigenvalue weighted by Gasteiger charge is -2.00. The molecule has 0 atom stereocenters. The number of carbonyl (C=O) groups excluding carboxylic acids is 1. The van der Waals surface area contributed by atoms with Crippen LogP contribution in [0.3, 0.4) is 0 Å². The Morgan fingerprint density at radius 2 is 1.68 bits per heavy atom. The maximum atomic E-state index is 12.0. The number of hydrogen-bond donors (Lipinski definition) is 0. The van der Waals surface area contributed by atoms with Gasteiger partial charge in [0.25, 0.3) is 0 Å². The van der Waals surface area contributed by atoms with E-state index in [1.54, 1.807) is 13.2 Å². The molecule has 3 heteroatoms. The number of esters is 1. The topological polar surface area (TPSA) is 35.5 Å². The molecule has 110 valence electrons. The molecule has 0 aliphatic carbocycles. The molecule has 0 bridgehead atoms. The van der Waals surface area contributed by atoms with Crippen LogP contribution in [0.5, 0.6) is 5.75 Å². The largest absolute Gasteiger partial charge is 0.497 e. The molecule has 1 aliphatic rings. The van der Waals surface area contributed by atoms with Gasteiger partial charge in [-0.05, 0) is 42.3 Å². The second kappa shape index (κ2) is 5.90. The SMILES string of the molecule is COc1ccc(/C=C2/C=C(c3ccc(C)cc3)C(=O)O2)cc1. The van der Waals surface area contributed by atoms with Gasteiger partial charge in [-0.3, -0.25) is 0 Å². The van der Waals surface area contributed by atoms with Gasteiger partial charge in [-0.25, -0.2) is 4.79 Å². The van der Waals surface area contributed by atoms with E-state index in [4.69, 9.17) is 9.47 Å². The van der Waals surface area contributed by atoms with Gasteiger partial charge in [0.1, 0.15) is 11.5 Å². The lowest BCUT2D eigenvalue weighted by atomic mass is 10.0. The minimum absolute atomic E-state index is 0.316. The third-order valence-electron chi connectivity index (χ3n) is 3.50. The molecule has 0 amide bonds. The number of carbonyl (C=O) groups is 1. The minimum atomic E-state index is -0.316. The second-order valence-corrected chi connectivity index (χ2v) is 5.13. The van der Waals surface area contributed by atoms with E-state index >= 15 is 0 Å². The zero-order chi connectivity index (χ0) is 15.5. The molecule has 2 aromatic rings. The van der Waals surface area contributed by atoms with E-state index in [-0.39, 0.29) is 5.97 Å². The summed E-state index contributed by atoms with van der Waals surface area (Å²) in [5, 5.41) is 0. The number of cyclic esters (lactones) is 1. The van der Waals surface area contributed by atoms with Crippen LogP contribution >= 0.6 is 0 Å². The summed E-state index contributed by atoms with van der Waals surface area (Å²) in [4.78, 5) is 12.0. The predicted molar refractivity (Wildman–Crippen MR) is 86.2 cm³/mol. The standard InChI is InChI=1S/C19H16O3/c1-13-3-7-15(8-4-13)18-12-17(22-19(18)20)11-14-5-9-16(21-2)10-6-14/h3-12H,1-2H3/b17-11-. The number of hydrogen-bond acceptors (Lipinski definition) is 3. The van der Waals surface area contributed by atoms with Gasteiger partial charge in [0, 0.05) is 0 Å². The average molecular weight is 292 g/mol. The number of rotatable bonds is 3. The van der Waals surface area contributed by atoms with Crippen molar-refractivity contribution in [1.29, 1.82) is 0 Å². The van der Waals surface area contributed by atoms with Crippen molar-refractivity contribution in [3.8, 4) is 5.75 Å². The van der Waals surface area contributed by atoms with Crippen molar-refractivity contribution < 1.29 is 14.3 Å². The molecular formula is C19H16O3. The first-order valence-corrected chi connectivity index (χ1v) is 7.02. The molecule has 22 heavy (non-hydrogen) atoms. The van der Waals surface area contributed by atoms with Crippen LogP contribution in [-0.4, -0.2) is 13.1 Å². The lowest BCUT2D eigenvalue weighted by molar-refractivity contribution is -0.131. The lowest BCUT2D eigenvalue weighted by Crippen LogP contribution is -1.98. The van der Waals surface area contributed by atoms with Gasteiger partial charge in [0.15, 0.2) is 0 Å². The van der Waals surface area contributed by atoms with E-state index in [1.807, 2.05) is 61.5 Å². The average Bonchev–Trinajstić information content (AvgIpc) is 2.89. The first-order chi connectivity index (χ1) is 10.7. The Labute approximate surface area is 129 Å². The highest BCUT2D eigenvalue weighted by atomic mass is 16.5. The molecule has 0 saturated heterocycles. The monoisotopic (exact) mass is 292 g/mol. The predicted octanol–water partition coefficient (Wildman–Crippen LogP) is 3.98. The summed E-state index contributed by atoms with van der Waals surface area (Å²) in [6.07, 6.45) is 3.61. The van der Waals surface area contributed by atoms with Gasteiger partial charge in [-0.2, -0.15) is 0 Å². The summed E-state index contributed by atoms with van der Waals surface area (Å²) in [7, 11) is 1.63. The van der Waals surface area contributed by atoms with E-state index in [1.165, 1.54) is 0 Å². The normalized spacial score (nSPS) is 15.6. The van der Waals surface area contributed by atoms with Crippen LogP contribution < -0.4 is 4.74 Å². The second-order valence-electron chi connectivity index (χ2n) is 5.13. The van der Waals surface area contributed by atoms with Gasteiger partial charge in [0.05, 0.1) is 12.7 Å². The Bertz CT molecular complexity index is 750. The fraction of sp³-hybridized carbons (Fsp3) is 0.105. The van der Waals surface area contributed by atoms with Gasteiger partial charge in [-0.1, -0.05) is 42.0 Å². The van der Waals surface area contributed by atoms with Gasteiger partial charge in [0.2, 0.25) is 0 Å². The molecule has 0 radical (unpaired) electrons.